The molecular weight excluding hydrogens is 370 g/mol. The molecule has 154 valence electrons. The Bertz CT molecular complexity index is 748. The van der Waals surface area contributed by atoms with Crippen LogP contribution in [0.15, 0.2) is 16.8 Å². The van der Waals surface area contributed by atoms with Gasteiger partial charge in [0.15, 0.2) is 5.11 Å². The molecule has 4 aliphatic carbocycles. The lowest BCUT2D eigenvalue weighted by atomic mass is 9.47. The summed E-state index contributed by atoms with van der Waals surface area (Å²) in [6.45, 7) is 6.41. The van der Waals surface area contributed by atoms with E-state index in [1.807, 2.05) is 0 Å². The van der Waals surface area contributed by atoms with Crippen LogP contribution in [0.2, 0.25) is 0 Å². The van der Waals surface area contributed by atoms with Gasteiger partial charge in [-0.15, -0.1) is 0 Å². The van der Waals surface area contributed by atoms with Gasteiger partial charge in [0.2, 0.25) is 0 Å². The third kappa shape index (κ3) is 3.17. The molecule has 0 aromatic rings. The van der Waals surface area contributed by atoms with Crippen LogP contribution in [0.25, 0.3) is 0 Å². The van der Waals surface area contributed by atoms with E-state index in [4.69, 9.17) is 22.7 Å². The standard InChI is InChI=1S/C22H33N3O2S/c1-13(26)27-19-7-6-17-16-5-4-14-12-15(24-25-20(23)28)8-10-21(14,2)18(16)9-11-22(17,19)3/h12,16-19H,4-11H2,1-3H3,(H3,23,25,28)/t16-,17-,18-,19-,21-,22-/m0/s1. The number of carbonyl (C=O) groups excluding carboxylic acids is 1. The number of carbonyl (C=O) groups is 1. The molecule has 0 amide bonds. The maximum atomic E-state index is 11.6. The van der Waals surface area contributed by atoms with Crippen LogP contribution in [-0.4, -0.2) is 22.9 Å². The molecule has 6 heteroatoms. The molecule has 3 fully saturated rings. The topological polar surface area (TPSA) is 76.7 Å². The number of hydrazone groups is 1. The Balaban J connectivity index is 1.56. The minimum absolute atomic E-state index is 0.108. The molecule has 4 rings (SSSR count). The van der Waals surface area contributed by atoms with Gasteiger partial charge >= 0.3 is 5.97 Å². The van der Waals surface area contributed by atoms with E-state index in [-0.39, 0.29) is 28.0 Å². The Morgan fingerprint density at radius 1 is 1.21 bits per heavy atom. The molecule has 0 saturated heterocycles. The largest absolute Gasteiger partial charge is 0.462 e. The van der Waals surface area contributed by atoms with Crippen LogP contribution >= 0.6 is 12.2 Å². The molecule has 0 unspecified atom stereocenters. The van der Waals surface area contributed by atoms with E-state index in [0.717, 1.165) is 43.2 Å². The van der Waals surface area contributed by atoms with E-state index in [1.54, 1.807) is 12.5 Å². The third-order valence-electron chi connectivity index (χ3n) is 8.51. The van der Waals surface area contributed by atoms with Crippen LogP contribution < -0.4 is 11.2 Å². The number of hydrogen-bond acceptors (Lipinski definition) is 4. The van der Waals surface area contributed by atoms with Crippen molar-refractivity contribution in [3.05, 3.63) is 11.6 Å². The number of nitrogens with two attached hydrogens (primary N) is 1. The molecule has 0 aliphatic heterocycles. The number of nitrogens with one attached hydrogen (secondary N) is 1. The summed E-state index contributed by atoms with van der Waals surface area (Å²) in [7, 11) is 0. The normalized spacial score (nSPS) is 43.4. The predicted octanol–water partition coefficient (Wildman–Crippen LogP) is 4.07. The van der Waals surface area contributed by atoms with E-state index < -0.39 is 0 Å². The van der Waals surface area contributed by atoms with Gasteiger partial charge < -0.3 is 10.5 Å². The second-order valence-corrected chi connectivity index (χ2v) is 10.2. The zero-order valence-corrected chi connectivity index (χ0v) is 18.1. The monoisotopic (exact) mass is 403 g/mol. The lowest BCUT2D eigenvalue weighted by Crippen LogP contribution is -2.51. The molecule has 6 atom stereocenters. The van der Waals surface area contributed by atoms with E-state index in [0.29, 0.717) is 5.92 Å². The van der Waals surface area contributed by atoms with E-state index in [1.165, 1.54) is 25.7 Å². The van der Waals surface area contributed by atoms with Crippen LogP contribution in [0.1, 0.15) is 72.1 Å². The SMILES string of the molecule is CC(=O)O[C@H]1CC[C@H]2[C@@H]3CCC4=CC(=NNC(N)=S)CC[C@]4(C)[C@H]3CC[C@]12C. The number of fused-ring (bicyclic) bond motifs is 5. The van der Waals surface area contributed by atoms with Crippen LogP contribution in [0.4, 0.5) is 0 Å². The fraction of sp³-hybridized carbons (Fsp3) is 0.773. The molecular formula is C22H33N3O2S. The smallest absolute Gasteiger partial charge is 0.302 e. The van der Waals surface area contributed by atoms with Gasteiger partial charge in [-0.25, -0.2) is 0 Å². The summed E-state index contributed by atoms with van der Waals surface area (Å²) in [5.41, 5.74) is 11.3. The highest BCUT2D eigenvalue weighted by molar-refractivity contribution is 7.80. The number of hydrogen-bond donors (Lipinski definition) is 2. The average molecular weight is 404 g/mol. The Labute approximate surface area is 173 Å². The quantitative estimate of drug-likeness (QED) is 0.413. The van der Waals surface area contributed by atoms with Crippen molar-refractivity contribution in [2.45, 2.75) is 78.2 Å². The van der Waals surface area contributed by atoms with Crippen LogP contribution in [0.3, 0.4) is 0 Å². The lowest BCUT2D eigenvalue weighted by molar-refractivity contribution is -0.157. The second kappa shape index (κ2) is 7.12. The first kappa shape index (κ1) is 19.9. The number of ether oxygens (including phenoxy) is 1. The van der Waals surface area contributed by atoms with Gasteiger partial charge in [-0.3, -0.25) is 10.2 Å². The molecule has 3 N–H and O–H groups in total. The summed E-state index contributed by atoms with van der Waals surface area (Å²) < 4.78 is 5.76. The summed E-state index contributed by atoms with van der Waals surface area (Å²) in [6.07, 6.45) is 11.6. The van der Waals surface area contributed by atoms with Crippen LogP contribution in [0, 0.1) is 28.6 Å². The van der Waals surface area contributed by atoms with Crippen molar-refractivity contribution in [1.82, 2.24) is 5.43 Å². The first-order valence-corrected chi connectivity index (χ1v) is 11.1. The lowest BCUT2D eigenvalue weighted by Gasteiger charge is -2.58. The molecule has 5 nitrogen and oxygen atoms in total. The van der Waals surface area contributed by atoms with E-state index in [2.05, 4.69) is 30.5 Å². The van der Waals surface area contributed by atoms with Gasteiger partial charge in [-0.2, -0.15) is 5.10 Å². The van der Waals surface area contributed by atoms with Crippen molar-refractivity contribution in [2.75, 3.05) is 0 Å². The second-order valence-electron chi connectivity index (χ2n) is 9.80. The number of esters is 1. The minimum atomic E-state index is -0.125. The van der Waals surface area contributed by atoms with E-state index in [9.17, 15) is 4.79 Å². The summed E-state index contributed by atoms with van der Waals surface area (Å²) >= 11 is 4.87. The zero-order valence-electron chi connectivity index (χ0n) is 17.3. The number of allylic oxidation sites excluding steroid dienone is 2. The van der Waals surface area contributed by atoms with Crippen LogP contribution in [0.5, 0.6) is 0 Å². The van der Waals surface area contributed by atoms with Crippen molar-refractivity contribution >= 4 is 29.0 Å². The van der Waals surface area contributed by atoms with Crippen molar-refractivity contribution < 1.29 is 9.53 Å². The number of nitrogens with zero attached hydrogens (tertiary/aromatic N) is 1. The first-order valence-electron chi connectivity index (χ1n) is 10.7. The van der Waals surface area contributed by atoms with E-state index >= 15 is 0 Å². The van der Waals surface area contributed by atoms with Crippen molar-refractivity contribution in [3.8, 4) is 0 Å². The molecule has 0 bridgehead atoms. The third-order valence-corrected chi connectivity index (χ3v) is 8.60. The minimum Gasteiger partial charge on any atom is -0.462 e. The van der Waals surface area contributed by atoms with Crippen molar-refractivity contribution in [3.63, 3.8) is 0 Å². The molecule has 0 spiro atoms. The fourth-order valence-electron chi connectivity index (χ4n) is 7.13. The molecule has 0 aromatic heterocycles. The maximum absolute atomic E-state index is 11.6. The summed E-state index contributed by atoms with van der Waals surface area (Å²) in [5, 5.41) is 4.61. The van der Waals surface area contributed by atoms with Gasteiger partial charge in [0.05, 0.1) is 5.71 Å². The van der Waals surface area contributed by atoms with Gasteiger partial charge in [-0.1, -0.05) is 19.4 Å². The maximum Gasteiger partial charge on any atom is 0.302 e. The van der Waals surface area contributed by atoms with Gasteiger partial charge in [0.1, 0.15) is 6.10 Å². The Morgan fingerprint density at radius 3 is 2.71 bits per heavy atom. The molecule has 4 aliphatic rings. The summed E-state index contributed by atoms with van der Waals surface area (Å²) in [4.78, 5) is 11.6. The number of rotatable bonds is 2. The van der Waals surface area contributed by atoms with Gasteiger partial charge in [0, 0.05) is 12.3 Å². The molecule has 0 radical (unpaired) electrons. The van der Waals surface area contributed by atoms with Crippen LogP contribution in [-0.2, 0) is 9.53 Å². The van der Waals surface area contributed by atoms with Crippen molar-refractivity contribution in [2.24, 2.45) is 39.4 Å². The Hall–Kier alpha value is -1.43. The predicted molar refractivity (Wildman–Crippen MR) is 115 cm³/mol. The fourth-order valence-corrected chi connectivity index (χ4v) is 7.18. The number of thiocarbonyl (C=S) groups is 1. The molecule has 0 heterocycles. The molecule has 0 aromatic carbocycles. The Morgan fingerprint density at radius 2 is 2.00 bits per heavy atom. The van der Waals surface area contributed by atoms with Crippen molar-refractivity contribution in [1.29, 1.82) is 0 Å². The van der Waals surface area contributed by atoms with Gasteiger partial charge in [0.25, 0.3) is 0 Å². The zero-order chi connectivity index (χ0) is 20.1. The first-order chi connectivity index (χ1) is 13.2. The summed E-state index contributed by atoms with van der Waals surface area (Å²) in [6, 6.07) is 0. The summed E-state index contributed by atoms with van der Waals surface area (Å²) in [5.74, 6) is 2.03. The molecule has 28 heavy (non-hydrogen) atoms. The average Bonchev–Trinajstić information content (AvgIpc) is 2.95. The highest BCUT2D eigenvalue weighted by atomic mass is 32.1. The highest BCUT2D eigenvalue weighted by Gasteiger charge is 2.59. The Kier molecular flexibility index (Phi) is 5.05. The highest BCUT2D eigenvalue weighted by Crippen LogP contribution is 2.65. The molecule has 3 saturated carbocycles. The van der Waals surface area contributed by atoms with Gasteiger partial charge in [-0.05, 0) is 92.8 Å².